The van der Waals surface area contributed by atoms with Gasteiger partial charge in [-0.05, 0) is 30.3 Å². The molecule has 0 saturated heterocycles. The molecule has 0 unspecified atom stereocenters. The molecule has 0 spiro atoms. The number of aromatic nitrogens is 4. The fourth-order valence-electron chi connectivity index (χ4n) is 2.82. The van der Waals surface area contributed by atoms with E-state index in [4.69, 9.17) is 11.6 Å². The van der Waals surface area contributed by atoms with Crippen molar-refractivity contribution in [1.82, 2.24) is 25.1 Å². The van der Waals surface area contributed by atoms with E-state index in [0.29, 0.717) is 16.0 Å². The van der Waals surface area contributed by atoms with Gasteiger partial charge in [0.2, 0.25) is 5.91 Å². The second kappa shape index (κ2) is 7.46. The van der Waals surface area contributed by atoms with Gasteiger partial charge in [-0.15, -0.1) is 10.2 Å². The molecule has 0 fully saturated rings. The Bertz CT molecular complexity index is 1100. The minimum absolute atomic E-state index is 0.0701. The largest absolute Gasteiger partial charge is 0.360 e. The van der Waals surface area contributed by atoms with Gasteiger partial charge in [0.15, 0.2) is 11.0 Å². The number of nitrogens with one attached hydrogen (secondary N) is 2. The third-order valence-corrected chi connectivity index (χ3v) is 5.34. The van der Waals surface area contributed by atoms with Crippen LogP contribution in [-0.4, -0.2) is 38.5 Å². The SMILES string of the molecule is CNC(=O)CSc1nnc(-c2c[nH]c3ccccc23)n1-c1ccc(Cl)cc1. The Morgan fingerprint density at radius 1 is 1.19 bits per heavy atom. The lowest BCUT2D eigenvalue weighted by Gasteiger charge is -2.10. The minimum Gasteiger partial charge on any atom is -0.360 e. The van der Waals surface area contributed by atoms with Gasteiger partial charge in [-0.1, -0.05) is 41.6 Å². The average molecular weight is 398 g/mol. The van der Waals surface area contributed by atoms with Gasteiger partial charge in [0.05, 0.1) is 5.75 Å². The van der Waals surface area contributed by atoms with Gasteiger partial charge in [0.1, 0.15) is 0 Å². The summed E-state index contributed by atoms with van der Waals surface area (Å²) in [5.74, 6) is 0.893. The third kappa shape index (κ3) is 3.43. The topological polar surface area (TPSA) is 75.6 Å². The van der Waals surface area contributed by atoms with Crippen LogP contribution in [0.3, 0.4) is 0 Å². The van der Waals surface area contributed by atoms with Crippen LogP contribution in [0.1, 0.15) is 0 Å². The van der Waals surface area contributed by atoms with Crippen molar-refractivity contribution in [2.75, 3.05) is 12.8 Å². The molecule has 27 heavy (non-hydrogen) atoms. The van der Waals surface area contributed by atoms with Crippen molar-refractivity contribution in [3.8, 4) is 17.1 Å². The van der Waals surface area contributed by atoms with E-state index in [1.54, 1.807) is 7.05 Å². The average Bonchev–Trinajstić information content (AvgIpc) is 3.30. The molecule has 136 valence electrons. The maximum Gasteiger partial charge on any atom is 0.230 e. The molecule has 0 saturated carbocycles. The van der Waals surface area contributed by atoms with Crippen LogP contribution in [0.25, 0.3) is 28.0 Å². The van der Waals surface area contributed by atoms with E-state index in [1.165, 1.54) is 11.8 Å². The summed E-state index contributed by atoms with van der Waals surface area (Å²) < 4.78 is 1.94. The Balaban J connectivity index is 1.85. The highest BCUT2D eigenvalue weighted by Crippen LogP contribution is 2.32. The molecule has 2 aromatic carbocycles. The molecule has 2 N–H and O–H groups in total. The first-order valence-corrected chi connectivity index (χ1v) is 9.65. The van der Waals surface area contributed by atoms with Gasteiger partial charge < -0.3 is 10.3 Å². The highest BCUT2D eigenvalue weighted by Gasteiger charge is 2.19. The molecular weight excluding hydrogens is 382 g/mol. The van der Waals surface area contributed by atoms with Gasteiger partial charge in [-0.2, -0.15) is 0 Å². The molecule has 2 heterocycles. The number of benzene rings is 2. The van der Waals surface area contributed by atoms with Crippen molar-refractivity contribution in [1.29, 1.82) is 0 Å². The molecule has 6 nitrogen and oxygen atoms in total. The molecule has 0 aliphatic carbocycles. The minimum atomic E-state index is -0.0701. The first-order valence-electron chi connectivity index (χ1n) is 8.28. The summed E-state index contributed by atoms with van der Waals surface area (Å²) in [6.45, 7) is 0. The van der Waals surface area contributed by atoms with Crippen molar-refractivity contribution < 1.29 is 4.79 Å². The Morgan fingerprint density at radius 2 is 1.96 bits per heavy atom. The maximum atomic E-state index is 11.7. The highest BCUT2D eigenvalue weighted by molar-refractivity contribution is 7.99. The standard InChI is InChI=1S/C19H16ClN5OS/c1-21-17(26)11-27-19-24-23-18(25(19)13-8-6-12(20)7-9-13)15-10-22-16-5-3-2-4-14(15)16/h2-10,22H,11H2,1H3,(H,21,26). The number of carbonyl (C=O) groups is 1. The molecule has 2 aromatic heterocycles. The predicted molar refractivity (Wildman–Crippen MR) is 108 cm³/mol. The lowest BCUT2D eigenvalue weighted by atomic mass is 10.1. The molecule has 1 amide bonds. The second-order valence-electron chi connectivity index (χ2n) is 5.83. The van der Waals surface area contributed by atoms with Crippen molar-refractivity contribution in [3.63, 3.8) is 0 Å². The Kier molecular flexibility index (Phi) is 4.87. The van der Waals surface area contributed by atoms with E-state index in [0.717, 1.165) is 22.2 Å². The summed E-state index contributed by atoms with van der Waals surface area (Å²) in [5, 5.41) is 13.7. The number of nitrogens with zero attached hydrogens (tertiary/aromatic N) is 3. The van der Waals surface area contributed by atoms with E-state index in [-0.39, 0.29) is 11.7 Å². The van der Waals surface area contributed by atoms with Gasteiger partial charge in [0, 0.05) is 40.4 Å². The van der Waals surface area contributed by atoms with E-state index in [2.05, 4.69) is 20.5 Å². The van der Waals surface area contributed by atoms with Crippen LogP contribution in [0.2, 0.25) is 5.02 Å². The summed E-state index contributed by atoms with van der Waals surface area (Å²) >= 11 is 7.38. The summed E-state index contributed by atoms with van der Waals surface area (Å²) in [5.41, 5.74) is 2.85. The summed E-state index contributed by atoms with van der Waals surface area (Å²) in [7, 11) is 1.62. The number of carbonyl (C=O) groups excluding carboxylic acids is 1. The summed E-state index contributed by atoms with van der Waals surface area (Å²) in [4.78, 5) is 14.9. The van der Waals surface area contributed by atoms with Gasteiger partial charge in [0.25, 0.3) is 0 Å². The lowest BCUT2D eigenvalue weighted by Crippen LogP contribution is -2.20. The molecule has 0 atom stereocenters. The quantitative estimate of drug-likeness (QED) is 0.501. The van der Waals surface area contributed by atoms with Gasteiger partial charge >= 0.3 is 0 Å². The molecule has 4 aromatic rings. The number of thioether (sulfide) groups is 1. The molecule has 0 aliphatic rings. The number of para-hydroxylation sites is 1. The number of hydrogen-bond donors (Lipinski definition) is 2. The van der Waals surface area contributed by atoms with Crippen molar-refractivity contribution >= 4 is 40.2 Å². The fraction of sp³-hybridized carbons (Fsp3) is 0.105. The van der Waals surface area contributed by atoms with Gasteiger partial charge in [-0.3, -0.25) is 9.36 Å². The summed E-state index contributed by atoms with van der Waals surface area (Å²) in [6, 6.07) is 15.5. The zero-order chi connectivity index (χ0) is 18.8. The molecule has 0 radical (unpaired) electrons. The maximum absolute atomic E-state index is 11.7. The predicted octanol–water partition coefficient (Wildman–Crippen LogP) is 3.91. The van der Waals surface area contributed by atoms with Crippen LogP contribution in [0.5, 0.6) is 0 Å². The molecule has 8 heteroatoms. The fourth-order valence-corrected chi connectivity index (χ4v) is 3.77. The zero-order valence-corrected chi connectivity index (χ0v) is 16.0. The zero-order valence-electron chi connectivity index (χ0n) is 14.4. The van der Waals surface area contributed by atoms with E-state index >= 15 is 0 Å². The normalized spacial score (nSPS) is 11.0. The van der Waals surface area contributed by atoms with Crippen LogP contribution in [0.4, 0.5) is 0 Å². The van der Waals surface area contributed by atoms with E-state index in [9.17, 15) is 4.79 Å². The number of hydrogen-bond acceptors (Lipinski definition) is 4. The monoisotopic (exact) mass is 397 g/mol. The third-order valence-electron chi connectivity index (χ3n) is 4.16. The number of halogens is 1. The number of aromatic amines is 1. The van der Waals surface area contributed by atoms with Crippen molar-refractivity contribution in [2.24, 2.45) is 0 Å². The van der Waals surface area contributed by atoms with Crippen LogP contribution in [0, 0.1) is 0 Å². The molecular formula is C19H16ClN5OS. The van der Waals surface area contributed by atoms with Gasteiger partial charge in [-0.25, -0.2) is 0 Å². The Hall–Kier alpha value is -2.77. The molecule has 0 bridgehead atoms. The van der Waals surface area contributed by atoms with Crippen LogP contribution in [-0.2, 0) is 4.79 Å². The first-order chi connectivity index (χ1) is 13.2. The first kappa shape index (κ1) is 17.6. The van der Waals surface area contributed by atoms with E-state index < -0.39 is 0 Å². The number of H-pyrrole nitrogens is 1. The second-order valence-corrected chi connectivity index (χ2v) is 7.21. The van der Waals surface area contributed by atoms with Crippen molar-refractivity contribution in [2.45, 2.75) is 5.16 Å². The number of fused-ring (bicyclic) bond motifs is 1. The number of amides is 1. The smallest absolute Gasteiger partial charge is 0.230 e. The highest BCUT2D eigenvalue weighted by atomic mass is 35.5. The molecule has 0 aliphatic heterocycles. The lowest BCUT2D eigenvalue weighted by molar-refractivity contribution is -0.118. The van der Waals surface area contributed by atoms with Crippen LogP contribution in [0.15, 0.2) is 59.9 Å². The van der Waals surface area contributed by atoms with Crippen LogP contribution < -0.4 is 5.32 Å². The van der Waals surface area contributed by atoms with E-state index in [1.807, 2.05) is 59.3 Å². The Labute approximate surface area is 164 Å². The number of rotatable bonds is 5. The summed E-state index contributed by atoms with van der Waals surface area (Å²) in [6.07, 6.45) is 1.92. The van der Waals surface area contributed by atoms with Crippen molar-refractivity contribution in [3.05, 3.63) is 59.8 Å². The molecule has 4 rings (SSSR count). The Morgan fingerprint density at radius 3 is 2.74 bits per heavy atom. The van der Waals surface area contributed by atoms with Crippen LogP contribution >= 0.6 is 23.4 Å².